The largest absolute Gasteiger partial charge is 0.458 e. The first-order valence-electron chi connectivity index (χ1n) is 16.0. The molecule has 216 valence electrons. The Kier molecular flexibility index (Phi) is 4.27. The zero-order valence-electron chi connectivity index (χ0n) is 25.0. The fraction of sp³-hybridized carbons (Fsp3) is 0. The Morgan fingerprint density at radius 3 is 1.91 bits per heavy atom. The van der Waals surface area contributed by atoms with Crippen LogP contribution in [0.15, 0.2) is 138 Å². The van der Waals surface area contributed by atoms with Crippen LogP contribution in [0.2, 0.25) is 0 Å². The van der Waals surface area contributed by atoms with Crippen LogP contribution in [0, 0.1) is 0 Å². The van der Waals surface area contributed by atoms with E-state index in [4.69, 9.17) is 13.9 Å². The molecular weight excluding hydrogens is 577 g/mol. The fourth-order valence-electron chi connectivity index (χ4n) is 8.54. The van der Waals surface area contributed by atoms with E-state index in [9.17, 15) is 0 Å². The minimum Gasteiger partial charge on any atom is -0.458 e. The van der Waals surface area contributed by atoms with Crippen LogP contribution in [0.1, 0.15) is 0 Å². The summed E-state index contributed by atoms with van der Waals surface area (Å²) >= 11 is 0. The van der Waals surface area contributed by atoms with Crippen molar-refractivity contribution in [2.75, 3.05) is 0 Å². The summed E-state index contributed by atoms with van der Waals surface area (Å²) in [7, 11) is 0. The summed E-state index contributed by atoms with van der Waals surface area (Å²) in [5.74, 6) is 3.44. The predicted molar refractivity (Wildman–Crippen MR) is 192 cm³/mol. The highest BCUT2D eigenvalue weighted by Gasteiger charge is 2.40. The topological polar surface area (TPSA) is 36.0 Å². The van der Waals surface area contributed by atoms with E-state index in [1.165, 1.54) is 38.1 Å². The molecule has 5 heteroatoms. The number of hydrogen-bond donors (Lipinski definition) is 0. The molecule has 5 heterocycles. The molecule has 4 nitrogen and oxygen atoms in total. The molecule has 12 rings (SSSR count). The van der Waals surface area contributed by atoms with Crippen LogP contribution in [0.25, 0.3) is 71.2 Å². The Labute approximate surface area is 268 Å². The van der Waals surface area contributed by atoms with Crippen molar-refractivity contribution in [3.05, 3.63) is 133 Å². The van der Waals surface area contributed by atoms with Crippen molar-refractivity contribution in [3.8, 4) is 34.1 Å². The second kappa shape index (κ2) is 8.33. The van der Waals surface area contributed by atoms with Crippen molar-refractivity contribution in [2.24, 2.45) is 0 Å². The van der Waals surface area contributed by atoms with Gasteiger partial charge < -0.3 is 18.3 Å². The van der Waals surface area contributed by atoms with E-state index < -0.39 is 0 Å². The second-order valence-electron chi connectivity index (χ2n) is 12.8. The summed E-state index contributed by atoms with van der Waals surface area (Å²) in [6.45, 7) is 0.0481. The van der Waals surface area contributed by atoms with Gasteiger partial charge >= 0.3 is 0 Å². The second-order valence-corrected chi connectivity index (χ2v) is 12.8. The third kappa shape index (κ3) is 2.95. The van der Waals surface area contributed by atoms with Crippen molar-refractivity contribution in [3.63, 3.8) is 0 Å². The standard InChI is InChI=1S/C42H22BNO3/c1-4-15-32-25(9-1)26-11-7-12-27-28-22-37-29(21-33(28)44(32)42(26)27)40-24(10-8-18-36(40)47-37)23-19-38-41-39(20-23)46-35-17-6-3-14-31(35)43(41)30-13-2-5-16-34(30)45-38/h1-22H. The van der Waals surface area contributed by atoms with Gasteiger partial charge in [0.15, 0.2) is 0 Å². The summed E-state index contributed by atoms with van der Waals surface area (Å²) in [4.78, 5) is 0. The molecule has 0 fully saturated rings. The zero-order valence-corrected chi connectivity index (χ0v) is 25.0. The number of ether oxygens (including phenoxy) is 2. The minimum atomic E-state index is 0.0481. The van der Waals surface area contributed by atoms with E-state index in [-0.39, 0.29) is 6.71 Å². The van der Waals surface area contributed by atoms with Gasteiger partial charge in [-0.15, -0.1) is 0 Å². The summed E-state index contributed by atoms with van der Waals surface area (Å²) in [5, 5.41) is 7.18. The Morgan fingerprint density at radius 2 is 1.13 bits per heavy atom. The van der Waals surface area contributed by atoms with Gasteiger partial charge in [0.05, 0.1) is 16.6 Å². The van der Waals surface area contributed by atoms with Gasteiger partial charge in [-0.25, -0.2) is 0 Å². The molecule has 0 aliphatic carbocycles. The van der Waals surface area contributed by atoms with Crippen LogP contribution in [-0.4, -0.2) is 11.1 Å². The highest BCUT2D eigenvalue weighted by molar-refractivity contribution is 6.98. The number of hydrogen-bond acceptors (Lipinski definition) is 3. The molecule has 0 unspecified atom stereocenters. The van der Waals surface area contributed by atoms with Crippen LogP contribution in [0.3, 0.4) is 0 Å². The van der Waals surface area contributed by atoms with E-state index in [1.54, 1.807) is 0 Å². The van der Waals surface area contributed by atoms with Gasteiger partial charge in [0.1, 0.15) is 34.2 Å². The lowest BCUT2D eigenvalue weighted by Crippen LogP contribution is -2.57. The van der Waals surface area contributed by atoms with Gasteiger partial charge in [-0.3, -0.25) is 0 Å². The number of nitrogens with zero attached hydrogens (tertiary/aromatic N) is 1. The Bertz CT molecular complexity index is 2920. The summed E-state index contributed by atoms with van der Waals surface area (Å²) in [6, 6.07) is 47.3. The van der Waals surface area contributed by atoms with Gasteiger partial charge in [-0.1, -0.05) is 84.9 Å². The number of benzene rings is 7. The summed E-state index contributed by atoms with van der Waals surface area (Å²) in [6.07, 6.45) is 0. The lowest BCUT2D eigenvalue weighted by Gasteiger charge is -2.33. The van der Waals surface area contributed by atoms with Gasteiger partial charge in [-0.2, -0.15) is 0 Å². The maximum absolute atomic E-state index is 6.64. The maximum atomic E-state index is 6.64. The Hall–Kier alpha value is -6.20. The highest BCUT2D eigenvalue weighted by atomic mass is 16.5. The molecule has 2 aliphatic rings. The Morgan fingerprint density at radius 1 is 0.468 bits per heavy atom. The average molecular weight is 599 g/mol. The number of rotatable bonds is 1. The van der Waals surface area contributed by atoms with Gasteiger partial charge in [0, 0.05) is 37.8 Å². The number of fused-ring (bicyclic) bond motifs is 13. The fourth-order valence-corrected chi connectivity index (χ4v) is 8.54. The summed E-state index contributed by atoms with van der Waals surface area (Å²) < 4.78 is 22.3. The highest BCUT2D eigenvalue weighted by Crippen LogP contribution is 2.45. The maximum Gasteiger partial charge on any atom is 0.260 e. The first kappa shape index (κ1) is 24.1. The van der Waals surface area contributed by atoms with Crippen molar-refractivity contribution >= 4 is 83.1 Å². The molecule has 3 aromatic heterocycles. The number of furan rings is 1. The lowest BCUT2D eigenvalue weighted by atomic mass is 9.35. The van der Waals surface area contributed by atoms with E-state index in [0.717, 1.165) is 72.5 Å². The lowest BCUT2D eigenvalue weighted by molar-refractivity contribution is 0.465. The van der Waals surface area contributed by atoms with Gasteiger partial charge in [-0.05, 0) is 70.6 Å². The molecule has 2 aliphatic heterocycles. The van der Waals surface area contributed by atoms with E-state index >= 15 is 0 Å². The number of aromatic nitrogens is 1. The Balaban J connectivity index is 1.15. The van der Waals surface area contributed by atoms with E-state index in [0.29, 0.717) is 0 Å². The average Bonchev–Trinajstić information content (AvgIpc) is 3.77. The normalized spacial score (nSPS) is 13.4. The smallest absolute Gasteiger partial charge is 0.260 e. The van der Waals surface area contributed by atoms with Crippen LogP contribution >= 0.6 is 0 Å². The van der Waals surface area contributed by atoms with Crippen LogP contribution in [0.4, 0.5) is 0 Å². The zero-order chi connectivity index (χ0) is 30.4. The molecule has 10 aromatic rings. The monoisotopic (exact) mass is 599 g/mol. The minimum absolute atomic E-state index is 0.0481. The van der Waals surface area contributed by atoms with Crippen molar-refractivity contribution < 1.29 is 13.9 Å². The molecule has 0 N–H and O–H groups in total. The molecule has 0 atom stereocenters. The molecule has 0 radical (unpaired) electrons. The summed E-state index contributed by atoms with van der Waals surface area (Å²) in [5.41, 5.74) is 10.9. The molecule has 7 aromatic carbocycles. The van der Waals surface area contributed by atoms with Crippen LogP contribution in [0.5, 0.6) is 23.0 Å². The third-order valence-corrected chi connectivity index (χ3v) is 10.4. The van der Waals surface area contributed by atoms with E-state index in [1.807, 2.05) is 12.1 Å². The molecule has 0 bridgehead atoms. The SMILES string of the molecule is c1ccc2c(c1)Oc1cc(-c3cccc4oc5cc6c7cccc8c9ccccc9n(c6cc5c34)c87)cc3c1B2c1ccccc1O3. The quantitative estimate of drug-likeness (QED) is 0.177. The molecule has 0 amide bonds. The van der Waals surface area contributed by atoms with Crippen LogP contribution < -0.4 is 25.9 Å². The molecular formula is C42H22BNO3. The predicted octanol–water partition coefficient (Wildman–Crippen LogP) is 9.13. The van der Waals surface area contributed by atoms with Gasteiger partial charge in [0.2, 0.25) is 0 Å². The first-order chi connectivity index (χ1) is 23.3. The van der Waals surface area contributed by atoms with E-state index in [2.05, 4.69) is 126 Å². The van der Waals surface area contributed by atoms with Crippen LogP contribution in [-0.2, 0) is 0 Å². The first-order valence-corrected chi connectivity index (χ1v) is 16.0. The molecule has 47 heavy (non-hydrogen) atoms. The number of para-hydroxylation sites is 4. The third-order valence-electron chi connectivity index (χ3n) is 10.4. The van der Waals surface area contributed by atoms with Crippen molar-refractivity contribution in [1.29, 1.82) is 0 Å². The molecule has 0 saturated carbocycles. The van der Waals surface area contributed by atoms with Crippen molar-refractivity contribution in [1.82, 2.24) is 4.40 Å². The molecule has 0 spiro atoms. The van der Waals surface area contributed by atoms with Gasteiger partial charge in [0.25, 0.3) is 6.71 Å². The molecule has 0 saturated heterocycles. The van der Waals surface area contributed by atoms with Crippen molar-refractivity contribution in [2.45, 2.75) is 0 Å².